The first-order chi connectivity index (χ1) is 13.3. The molecular weight excluding hydrogens is 376 g/mol. The molecule has 1 unspecified atom stereocenters. The van der Waals surface area contributed by atoms with Crippen molar-refractivity contribution < 1.29 is 14.3 Å². The molecule has 2 aromatic heterocycles. The molecule has 0 saturated carbocycles. The molecule has 0 bridgehead atoms. The fraction of sp³-hybridized carbons (Fsp3) is 0.400. The smallest absolute Gasteiger partial charge is 0.311 e. The summed E-state index contributed by atoms with van der Waals surface area (Å²) in [6.45, 7) is 5.73. The van der Waals surface area contributed by atoms with E-state index in [0.717, 1.165) is 32.2 Å². The zero-order valence-corrected chi connectivity index (χ0v) is 17.5. The molecule has 7 nitrogen and oxygen atoms in total. The Morgan fingerprint density at radius 3 is 2.64 bits per heavy atom. The number of amides is 1. The summed E-state index contributed by atoms with van der Waals surface area (Å²) in [5, 5.41) is 5.14. The highest BCUT2D eigenvalue weighted by Crippen LogP contribution is 2.22. The van der Waals surface area contributed by atoms with Gasteiger partial charge in [0.2, 0.25) is 0 Å². The van der Waals surface area contributed by atoms with Crippen molar-refractivity contribution in [2.45, 2.75) is 39.8 Å². The van der Waals surface area contributed by atoms with Crippen molar-refractivity contribution in [2.75, 3.05) is 7.05 Å². The number of rotatable bonds is 6. The van der Waals surface area contributed by atoms with Gasteiger partial charge in [-0.3, -0.25) is 14.3 Å². The SMILES string of the molecule is Cc1nn(C)c(C)c1CC(=O)OC(C)C(=O)N(C)Cc1nc2ccccc2s1. The molecule has 8 heteroatoms. The van der Waals surface area contributed by atoms with E-state index < -0.39 is 12.1 Å². The Labute approximate surface area is 167 Å². The highest BCUT2D eigenvalue weighted by atomic mass is 32.1. The lowest BCUT2D eigenvalue weighted by Crippen LogP contribution is -2.37. The number of aromatic nitrogens is 3. The van der Waals surface area contributed by atoms with Crippen LogP contribution in [0.2, 0.25) is 0 Å². The van der Waals surface area contributed by atoms with E-state index in [1.807, 2.05) is 45.2 Å². The fourth-order valence-electron chi connectivity index (χ4n) is 3.09. The standard InChI is InChI=1S/C20H24N4O3S/c1-12-15(13(2)24(5)22-12)10-19(25)27-14(3)20(26)23(4)11-18-21-16-8-6-7-9-17(16)28-18/h6-9,14H,10-11H2,1-5H3. The third-order valence-corrected chi connectivity index (χ3v) is 5.74. The van der Waals surface area contributed by atoms with E-state index in [1.165, 1.54) is 4.90 Å². The summed E-state index contributed by atoms with van der Waals surface area (Å²) in [6.07, 6.45) is -0.755. The normalized spacial score (nSPS) is 12.2. The molecule has 1 amide bonds. The third-order valence-electron chi connectivity index (χ3n) is 4.72. The summed E-state index contributed by atoms with van der Waals surface area (Å²) in [7, 11) is 3.52. The average molecular weight is 401 g/mol. The molecule has 1 atom stereocenters. The minimum Gasteiger partial charge on any atom is -0.452 e. The molecule has 0 aliphatic heterocycles. The number of thiazole rings is 1. The molecule has 28 heavy (non-hydrogen) atoms. The van der Waals surface area contributed by atoms with Gasteiger partial charge >= 0.3 is 5.97 Å². The second kappa shape index (κ2) is 8.10. The first-order valence-electron chi connectivity index (χ1n) is 9.04. The molecule has 0 fully saturated rings. The minimum atomic E-state index is -0.857. The van der Waals surface area contributed by atoms with E-state index in [-0.39, 0.29) is 12.3 Å². The predicted molar refractivity (Wildman–Crippen MR) is 108 cm³/mol. The number of carbonyl (C=O) groups is 2. The number of nitrogens with zero attached hydrogens (tertiary/aromatic N) is 4. The Morgan fingerprint density at radius 1 is 1.29 bits per heavy atom. The maximum atomic E-state index is 12.6. The van der Waals surface area contributed by atoms with Crippen LogP contribution in [-0.2, 0) is 34.3 Å². The van der Waals surface area contributed by atoms with Crippen molar-refractivity contribution >= 4 is 33.4 Å². The van der Waals surface area contributed by atoms with Gasteiger partial charge in [-0.25, -0.2) is 4.98 Å². The number of likely N-dealkylation sites (N-methyl/N-ethyl adjacent to an activating group) is 1. The Balaban J connectivity index is 1.59. The van der Waals surface area contributed by atoms with Crippen LogP contribution in [-0.4, -0.2) is 44.7 Å². The van der Waals surface area contributed by atoms with Crippen molar-refractivity contribution in [3.63, 3.8) is 0 Å². The number of ether oxygens (including phenoxy) is 1. The summed E-state index contributed by atoms with van der Waals surface area (Å²) >= 11 is 1.55. The minimum absolute atomic E-state index is 0.102. The molecule has 0 N–H and O–H groups in total. The first-order valence-corrected chi connectivity index (χ1v) is 9.86. The molecule has 0 spiro atoms. The quantitative estimate of drug-likeness (QED) is 0.595. The number of aryl methyl sites for hydroxylation is 2. The molecular formula is C20H24N4O3S. The molecule has 0 saturated heterocycles. The molecule has 3 aromatic rings. The van der Waals surface area contributed by atoms with Crippen LogP contribution >= 0.6 is 11.3 Å². The highest BCUT2D eigenvalue weighted by molar-refractivity contribution is 7.18. The van der Waals surface area contributed by atoms with Gasteiger partial charge in [0.05, 0.1) is 28.9 Å². The van der Waals surface area contributed by atoms with Crippen LogP contribution in [0.15, 0.2) is 24.3 Å². The van der Waals surface area contributed by atoms with Gasteiger partial charge in [-0.15, -0.1) is 11.3 Å². The number of benzene rings is 1. The monoisotopic (exact) mass is 400 g/mol. The summed E-state index contributed by atoms with van der Waals surface area (Å²) in [6, 6.07) is 7.86. The van der Waals surface area contributed by atoms with Gasteiger partial charge in [-0.2, -0.15) is 5.10 Å². The van der Waals surface area contributed by atoms with E-state index in [9.17, 15) is 9.59 Å². The number of hydrogen-bond acceptors (Lipinski definition) is 6. The molecule has 0 aliphatic rings. The van der Waals surface area contributed by atoms with Gasteiger partial charge in [-0.1, -0.05) is 12.1 Å². The van der Waals surface area contributed by atoms with Gasteiger partial charge < -0.3 is 9.64 Å². The van der Waals surface area contributed by atoms with E-state index >= 15 is 0 Å². The lowest BCUT2D eigenvalue weighted by molar-refractivity contribution is -0.158. The highest BCUT2D eigenvalue weighted by Gasteiger charge is 2.23. The molecule has 148 valence electrons. The topological polar surface area (TPSA) is 77.3 Å². The van der Waals surface area contributed by atoms with Gasteiger partial charge in [0, 0.05) is 25.4 Å². The van der Waals surface area contributed by atoms with Crippen LogP contribution in [0.4, 0.5) is 0 Å². The van der Waals surface area contributed by atoms with Crippen LogP contribution in [0.25, 0.3) is 10.2 Å². The van der Waals surface area contributed by atoms with Crippen LogP contribution in [0.1, 0.15) is 28.9 Å². The summed E-state index contributed by atoms with van der Waals surface area (Å²) in [5.74, 6) is -0.694. The Bertz CT molecular complexity index is 991. The van der Waals surface area contributed by atoms with Gasteiger partial charge in [0.1, 0.15) is 5.01 Å². The van der Waals surface area contributed by atoms with Crippen molar-refractivity contribution in [3.8, 4) is 0 Å². The van der Waals surface area contributed by atoms with E-state index in [4.69, 9.17) is 4.74 Å². The number of esters is 1. The van der Waals surface area contributed by atoms with Gasteiger partial charge in [-0.05, 0) is 32.9 Å². The van der Waals surface area contributed by atoms with Crippen LogP contribution in [0, 0.1) is 13.8 Å². The molecule has 3 rings (SSSR count). The van der Waals surface area contributed by atoms with E-state index in [1.54, 1.807) is 30.0 Å². The maximum Gasteiger partial charge on any atom is 0.311 e. The summed E-state index contributed by atoms with van der Waals surface area (Å²) in [5.41, 5.74) is 3.48. The zero-order chi connectivity index (χ0) is 20.4. The maximum absolute atomic E-state index is 12.6. The fourth-order valence-corrected chi connectivity index (χ4v) is 4.11. The lowest BCUT2D eigenvalue weighted by atomic mass is 10.1. The molecule has 1 aromatic carbocycles. The van der Waals surface area contributed by atoms with Crippen molar-refractivity contribution in [2.24, 2.45) is 7.05 Å². The first kappa shape index (κ1) is 20.0. The van der Waals surface area contributed by atoms with Crippen LogP contribution < -0.4 is 0 Å². The number of carbonyl (C=O) groups excluding carboxylic acids is 2. The Morgan fingerprint density at radius 2 is 2.00 bits per heavy atom. The van der Waals surface area contributed by atoms with Gasteiger partial charge in [0.25, 0.3) is 5.91 Å². The molecule has 0 radical (unpaired) electrons. The average Bonchev–Trinajstić information content (AvgIpc) is 3.16. The second-order valence-electron chi connectivity index (χ2n) is 6.85. The third kappa shape index (κ3) is 4.22. The number of para-hydroxylation sites is 1. The zero-order valence-electron chi connectivity index (χ0n) is 16.7. The van der Waals surface area contributed by atoms with E-state index in [0.29, 0.717) is 6.54 Å². The van der Waals surface area contributed by atoms with Crippen molar-refractivity contribution in [1.29, 1.82) is 0 Å². The second-order valence-corrected chi connectivity index (χ2v) is 7.97. The Kier molecular flexibility index (Phi) is 5.79. The number of hydrogen-bond donors (Lipinski definition) is 0. The lowest BCUT2D eigenvalue weighted by Gasteiger charge is -2.20. The van der Waals surface area contributed by atoms with Crippen LogP contribution in [0.3, 0.4) is 0 Å². The summed E-state index contributed by atoms with van der Waals surface area (Å²) < 4.78 is 8.19. The van der Waals surface area contributed by atoms with Gasteiger partial charge in [0.15, 0.2) is 6.10 Å². The van der Waals surface area contributed by atoms with Crippen LogP contribution in [0.5, 0.6) is 0 Å². The van der Waals surface area contributed by atoms with Crippen molar-refractivity contribution in [3.05, 3.63) is 46.2 Å². The Hall–Kier alpha value is -2.74. The van der Waals surface area contributed by atoms with Crippen molar-refractivity contribution in [1.82, 2.24) is 19.7 Å². The largest absolute Gasteiger partial charge is 0.452 e. The predicted octanol–water partition coefficient (Wildman–Crippen LogP) is 2.78. The molecule has 0 aliphatic carbocycles. The number of fused-ring (bicyclic) bond motifs is 1. The summed E-state index contributed by atoms with van der Waals surface area (Å²) in [4.78, 5) is 31.0. The van der Waals surface area contributed by atoms with E-state index in [2.05, 4.69) is 10.1 Å². The molecule has 2 heterocycles.